The Morgan fingerprint density at radius 1 is 0.812 bits per heavy atom. The number of hydrogen-bond acceptors (Lipinski definition) is 3. The fraction of sp³-hybridized carbons (Fsp3) is 0.500. The van der Waals surface area contributed by atoms with Crippen LogP contribution in [0, 0.1) is 27.7 Å². The normalized spacial score (nSPS) is 16.5. The minimum Gasteiger partial charge on any atom is -0.289 e. The highest BCUT2D eigenvalue weighted by molar-refractivity contribution is 7.67. The summed E-state index contributed by atoms with van der Waals surface area (Å²) in [5.41, 5.74) is 5.41. The molecule has 1 aliphatic rings. The van der Waals surface area contributed by atoms with E-state index < -0.39 is 13.0 Å². The van der Waals surface area contributed by atoms with Crippen LogP contribution in [0.5, 0.6) is 0 Å². The molecular weight excluding hydrogens is 415 g/mol. The SMILES string of the molecule is Cc1cccc(C)c1C(=O)[P+](=O)C1(C(=O)c2c(C)cc(C(C)(C)C)cc2C)CCCCC1. The number of hydrogen-bond donors (Lipinski definition) is 0. The molecular formula is C28H36O3P+. The van der Waals surface area contributed by atoms with Crippen LogP contribution in [0.2, 0.25) is 0 Å². The molecule has 1 saturated carbocycles. The Morgan fingerprint density at radius 2 is 1.31 bits per heavy atom. The first-order valence-corrected chi connectivity index (χ1v) is 12.9. The summed E-state index contributed by atoms with van der Waals surface area (Å²) in [6.07, 6.45) is 3.68. The van der Waals surface area contributed by atoms with E-state index in [-0.39, 0.29) is 16.7 Å². The fourth-order valence-corrected chi connectivity index (χ4v) is 7.06. The van der Waals surface area contributed by atoms with E-state index in [2.05, 4.69) is 32.9 Å². The second-order valence-corrected chi connectivity index (χ2v) is 12.4. The van der Waals surface area contributed by atoms with Crippen molar-refractivity contribution >= 4 is 19.1 Å². The number of benzene rings is 2. The Bertz CT molecular complexity index is 1040. The maximum absolute atomic E-state index is 14.1. The largest absolute Gasteiger partial charge is 0.434 e. The van der Waals surface area contributed by atoms with Crippen LogP contribution in [0.4, 0.5) is 0 Å². The Hall–Kier alpha value is -2.12. The average Bonchev–Trinajstić information content (AvgIpc) is 2.72. The molecule has 32 heavy (non-hydrogen) atoms. The first-order chi connectivity index (χ1) is 14.9. The predicted octanol–water partition coefficient (Wildman–Crippen LogP) is 7.77. The quantitative estimate of drug-likeness (QED) is 0.345. The minimum absolute atomic E-state index is 0.0247. The van der Waals surface area contributed by atoms with Crippen LogP contribution in [-0.2, 0) is 9.98 Å². The van der Waals surface area contributed by atoms with Gasteiger partial charge in [0.25, 0.3) is 0 Å². The molecule has 0 saturated heterocycles. The molecule has 0 aliphatic heterocycles. The van der Waals surface area contributed by atoms with Crippen LogP contribution in [0.15, 0.2) is 30.3 Å². The van der Waals surface area contributed by atoms with Crippen molar-refractivity contribution in [1.82, 2.24) is 0 Å². The van der Waals surface area contributed by atoms with Gasteiger partial charge in [0.2, 0.25) is 10.9 Å². The molecule has 0 radical (unpaired) electrons. The van der Waals surface area contributed by atoms with Crippen LogP contribution in [0.3, 0.4) is 0 Å². The van der Waals surface area contributed by atoms with Crippen molar-refractivity contribution in [3.63, 3.8) is 0 Å². The van der Waals surface area contributed by atoms with E-state index in [1.165, 1.54) is 5.56 Å². The molecule has 170 valence electrons. The summed E-state index contributed by atoms with van der Waals surface area (Å²) < 4.78 is 14.0. The van der Waals surface area contributed by atoms with Crippen molar-refractivity contribution in [2.75, 3.05) is 0 Å². The summed E-state index contributed by atoms with van der Waals surface area (Å²) in [5, 5.41) is -1.11. The van der Waals surface area contributed by atoms with Gasteiger partial charge in [-0.05, 0) is 73.8 Å². The second-order valence-electron chi connectivity index (χ2n) is 10.5. The van der Waals surface area contributed by atoms with Gasteiger partial charge < -0.3 is 0 Å². The number of aryl methyl sites for hydroxylation is 4. The molecule has 3 nitrogen and oxygen atoms in total. The first kappa shape index (κ1) is 24.5. The van der Waals surface area contributed by atoms with Crippen molar-refractivity contribution in [3.8, 4) is 0 Å². The third kappa shape index (κ3) is 4.37. The standard InChI is InChI=1S/C28H36O3P/c1-18-12-11-13-19(2)24(18)26(30)32(31)28(14-9-8-10-15-28)25(29)23-20(3)16-22(17-21(23)4)27(5,6)7/h11-13,16-17H,8-10,14-15H2,1-7H3/q+1. The fourth-order valence-electron chi connectivity index (χ4n) is 5.09. The van der Waals surface area contributed by atoms with Crippen molar-refractivity contribution in [2.45, 2.75) is 91.1 Å². The molecule has 0 amide bonds. The Morgan fingerprint density at radius 3 is 1.78 bits per heavy atom. The van der Waals surface area contributed by atoms with Crippen LogP contribution >= 0.6 is 7.80 Å². The highest BCUT2D eigenvalue weighted by Gasteiger charge is 2.60. The zero-order valence-corrected chi connectivity index (χ0v) is 21.5. The molecule has 1 fully saturated rings. The molecule has 0 aromatic heterocycles. The van der Waals surface area contributed by atoms with E-state index in [0.717, 1.165) is 41.5 Å². The number of carbonyl (C=O) groups is 2. The summed E-state index contributed by atoms with van der Waals surface area (Å²) in [7, 11) is -2.41. The van der Waals surface area contributed by atoms with E-state index in [0.29, 0.717) is 24.0 Å². The number of ketones is 1. The summed E-state index contributed by atoms with van der Waals surface area (Å²) in [6, 6.07) is 9.81. The van der Waals surface area contributed by atoms with Crippen LogP contribution in [-0.4, -0.2) is 16.5 Å². The molecule has 1 unspecified atom stereocenters. The number of carbonyl (C=O) groups excluding carboxylic acids is 2. The number of rotatable bonds is 5. The lowest BCUT2D eigenvalue weighted by molar-refractivity contribution is 0.0902. The smallest absolute Gasteiger partial charge is 0.289 e. The summed E-state index contributed by atoms with van der Waals surface area (Å²) in [6.45, 7) is 14.2. The Kier molecular flexibility index (Phi) is 6.91. The van der Waals surface area contributed by atoms with E-state index in [9.17, 15) is 14.2 Å². The lowest BCUT2D eigenvalue weighted by Crippen LogP contribution is -2.39. The third-order valence-electron chi connectivity index (χ3n) is 7.00. The van der Waals surface area contributed by atoms with E-state index in [1.54, 1.807) is 0 Å². The third-order valence-corrected chi connectivity index (χ3v) is 9.02. The van der Waals surface area contributed by atoms with Gasteiger partial charge in [-0.25, -0.2) is 4.79 Å². The summed E-state index contributed by atoms with van der Waals surface area (Å²) in [4.78, 5) is 27.7. The number of Topliss-reactive ketones (excluding diaryl/α,β-unsaturated/α-hetero) is 1. The highest BCUT2D eigenvalue weighted by atomic mass is 31.1. The maximum Gasteiger partial charge on any atom is 0.434 e. The molecule has 0 heterocycles. The van der Waals surface area contributed by atoms with Crippen molar-refractivity contribution in [2.24, 2.45) is 0 Å². The maximum atomic E-state index is 14.1. The van der Waals surface area contributed by atoms with Crippen LogP contribution in [0.25, 0.3) is 0 Å². The van der Waals surface area contributed by atoms with Crippen molar-refractivity contribution in [1.29, 1.82) is 0 Å². The lowest BCUT2D eigenvalue weighted by atomic mass is 9.78. The zero-order chi connectivity index (χ0) is 23.8. The van der Waals surface area contributed by atoms with Gasteiger partial charge in [0.05, 0.1) is 5.56 Å². The first-order valence-electron chi connectivity index (χ1n) is 11.6. The molecule has 1 aliphatic carbocycles. The summed E-state index contributed by atoms with van der Waals surface area (Å²) in [5.74, 6) is -0.103. The van der Waals surface area contributed by atoms with E-state index in [4.69, 9.17) is 0 Å². The van der Waals surface area contributed by atoms with Gasteiger partial charge in [-0.3, -0.25) is 4.79 Å². The van der Waals surface area contributed by atoms with Crippen LogP contribution in [0.1, 0.15) is 101 Å². The van der Waals surface area contributed by atoms with Crippen molar-refractivity contribution in [3.05, 3.63) is 69.3 Å². The summed E-state index contributed by atoms with van der Waals surface area (Å²) >= 11 is 0. The monoisotopic (exact) mass is 451 g/mol. The van der Waals surface area contributed by atoms with Gasteiger partial charge in [0, 0.05) is 18.4 Å². The van der Waals surface area contributed by atoms with Crippen molar-refractivity contribution < 1.29 is 14.2 Å². The van der Waals surface area contributed by atoms with Crippen LogP contribution < -0.4 is 0 Å². The topological polar surface area (TPSA) is 51.2 Å². The molecule has 0 bridgehead atoms. The Balaban J connectivity index is 2.12. The predicted molar refractivity (Wildman–Crippen MR) is 133 cm³/mol. The van der Waals surface area contributed by atoms with E-state index in [1.807, 2.05) is 45.9 Å². The lowest BCUT2D eigenvalue weighted by Gasteiger charge is -2.28. The van der Waals surface area contributed by atoms with Gasteiger partial charge >= 0.3 is 13.3 Å². The zero-order valence-electron chi connectivity index (χ0n) is 20.6. The Labute approximate surface area is 193 Å². The molecule has 2 aromatic rings. The molecule has 2 aromatic carbocycles. The molecule has 3 rings (SSSR count). The molecule has 1 atom stereocenters. The second kappa shape index (κ2) is 9.02. The molecule has 0 spiro atoms. The van der Waals surface area contributed by atoms with Gasteiger partial charge in [-0.15, -0.1) is 0 Å². The van der Waals surface area contributed by atoms with Gasteiger partial charge in [-0.1, -0.05) is 62.1 Å². The minimum atomic E-state index is -2.41. The average molecular weight is 452 g/mol. The molecule has 0 N–H and O–H groups in total. The van der Waals surface area contributed by atoms with Gasteiger partial charge in [-0.2, -0.15) is 0 Å². The highest BCUT2D eigenvalue weighted by Crippen LogP contribution is 2.53. The molecule has 4 heteroatoms. The van der Waals surface area contributed by atoms with Gasteiger partial charge in [0.15, 0.2) is 0 Å². The van der Waals surface area contributed by atoms with E-state index >= 15 is 0 Å². The van der Waals surface area contributed by atoms with Gasteiger partial charge in [0.1, 0.15) is 0 Å².